The van der Waals surface area contributed by atoms with Crippen LogP contribution < -0.4 is 0 Å². The van der Waals surface area contributed by atoms with Crippen LogP contribution in [-0.4, -0.2) is 14.5 Å². The quantitative estimate of drug-likeness (QED) is 0.489. The van der Waals surface area contributed by atoms with E-state index in [1.54, 1.807) is 18.5 Å². The van der Waals surface area contributed by atoms with Crippen LogP contribution in [0.25, 0.3) is 32.9 Å². The molecule has 0 amide bonds. The first-order valence-corrected chi connectivity index (χ1v) is 7.21. The Morgan fingerprint density at radius 3 is 2.61 bits per heavy atom. The SMILES string of the molecule is Cc1c(-c2ccc(F)nc2)c(F)cc2c3cnccc3n(C)c12. The normalized spacial score (nSPS) is 11.5. The Balaban J connectivity index is 2.13. The lowest BCUT2D eigenvalue weighted by molar-refractivity contribution is 0.583. The van der Waals surface area contributed by atoms with Crippen LogP contribution in [0.1, 0.15) is 5.56 Å². The molecule has 0 saturated heterocycles. The minimum atomic E-state index is -0.580. The predicted octanol–water partition coefficient (Wildman–Crippen LogP) is 4.38. The first kappa shape index (κ1) is 13.8. The van der Waals surface area contributed by atoms with Crippen molar-refractivity contribution in [2.45, 2.75) is 6.92 Å². The lowest BCUT2D eigenvalue weighted by Crippen LogP contribution is -1.96. The van der Waals surface area contributed by atoms with Crippen molar-refractivity contribution in [2.24, 2.45) is 7.05 Å². The van der Waals surface area contributed by atoms with Gasteiger partial charge in [0.15, 0.2) is 0 Å². The molecule has 1 aromatic carbocycles. The summed E-state index contributed by atoms with van der Waals surface area (Å²) in [5, 5.41) is 1.74. The molecule has 0 radical (unpaired) electrons. The van der Waals surface area contributed by atoms with Gasteiger partial charge in [-0.25, -0.2) is 9.37 Å². The van der Waals surface area contributed by atoms with Crippen molar-refractivity contribution >= 4 is 21.8 Å². The number of nitrogens with zero attached hydrogens (tertiary/aromatic N) is 3. The fraction of sp³-hybridized carbons (Fsp3) is 0.111. The summed E-state index contributed by atoms with van der Waals surface area (Å²) in [5.41, 5.74) is 3.74. The van der Waals surface area contributed by atoms with Crippen LogP contribution >= 0.6 is 0 Å². The Morgan fingerprint density at radius 2 is 1.87 bits per heavy atom. The Bertz CT molecular complexity index is 1050. The zero-order chi connectivity index (χ0) is 16.1. The number of rotatable bonds is 1. The Labute approximate surface area is 131 Å². The Kier molecular flexibility index (Phi) is 2.91. The van der Waals surface area contributed by atoms with Gasteiger partial charge < -0.3 is 4.57 Å². The van der Waals surface area contributed by atoms with Gasteiger partial charge in [-0.05, 0) is 36.8 Å². The summed E-state index contributed by atoms with van der Waals surface area (Å²) in [6.45, 7) is 1.87. The van der Waals surface area contributed by atoms with E-state index in [1.807, 2.05) is 24.6 Å². The number of hydrogen-bond donors (Lipinski definition) is 0. The zero-order valence-electron chi connectivity index (χ0n) is 12.6. The predicted molar refractivity (Wildman–Crippen MR) is 86.1 cm³/mol. The second-order valence-electron chi connectivity index (χ2n) is 5.58. The monoisotopic (exact) mass is 309 g/mol. The van der Waals surface area contributed by atoms with Crippen molar-refractivity contribution in [1.82, 2.24) is 14.5 Å². The Hall–Kier alpha value is -2.82. The highest BCUT2D eigenvalue weighted by Gasteiger charge is 2.18. The summed E-state index contributed by atoms with van der Waals surface area (Å²) < 4.78 is 29.8. The highest BCUT2D eigenvalue weighted by atomic mass is 19.1. The van der Waals surface area contributed by atoms with Crippen molar-refractivity contribution in [2.75, 3.05) is 0 Å². The van der Waals surface area contributed by atoms with Gasteiger partial charge in [0.2, 0.25) is 5.95 Å². The second kappa shape index (κ2) is 4.84. The van der Waals surface area contributed by atoms with Crippen LogP contribution in [0.15, 0.2) is 42.9 Å². The Morgan fingerprint density at radius 1 is 1.04 bits per heavy atom. The van der Waals surface area contributed by atoms with Gasteiger partial charge in [-0.2, -0.15) is 4.39 Å². The number of fused-ring (bicyclic) bond motifs is 3. The largest absolute Gasteiger partial charge is 0.343 e. The number of pyridine rings is 2. The molecule has 0 fully saturated rings. The van der Waals surface area contributed by atoms with E-state index in [9.17, 15) is 8.78 Å². The molecule has 0 saturated carbocycles. The number of aromatic nitrogens is 3. The summed E-state index contributed by atoms with van der Waals surface area (Å²) in [6.07, 6.45) is 4.82. The van der Waals surface area contributed by atoms with Crippen molar-refractivity contribution in [3.63, 3.8) is 0 Å². The summed E-state index contributed by atoms with van der Waals surface area (Å²) in [7, 11) is 1.95. The molecule has 0 unspecified atom stereocenters. The molecule has 0 aliphatic heterocycles. The summed E-state index contributed by atoms with van der Waals surface area (Å²) in [4.78, 5) is 7.77. The van der Waals surface area contributed by atoms with Crippen molar-refractivity contribution in [1.29, 1.82) is 0 Å². The van der Waals surface area contributed by atoms with Gasteiger partial charge in [-0.1, -0.05) is 0 Å². The number of hydrogen-bond acceptors (Lipinski definition) is 2. The topological polar surface area (TPSA) is 30.7 Å². The van der Waals surface area contributed by atoms with E-state index in [0.29, 0.717) is 11.1 Å². The maximum absolute atomic E-state index is 14.8. The van der Waals surface area contributed by atoms with Crippen LogP contribution in [0, 0.1) is 18.7 Å². The van der Waals surface area contributed by atoms with Crippen LogP contribution in [0.5, 0.6) is 0 Å². The molecule has 0 atom stereocenters. The van der Waals surface area contributed by atoms with E-state index in [4.69, 9.17) is 0 Å². The third-order valence-corrected chi connectivity index (χ3v) is 4.30. The van der Waals surface area contributed by atoms with Gasteiger partial charge in [0.25, 0.3) is 0 Å². The van der Waals surface area contributed by atoms with Crippen LogP contribution in [-0.2, 0) is 7.05 Å². The molecule has 3 heterocycles. The number of halogens is 2. The molecule has 0 N–H and O–H groups in total. The molecule has 4 aromatic rings. The molecular weight excluding hydrogens is 296 g/mol. The number of aryl methyl sites for hydroxylation is 2. The molecule has 3 nitrogen and oxygen atoms in total. The van der Waals surface area contributed by atoms with Gasteiger partial charge in [-0.3, -0.25) is 4.98 Å². The maximum Gasteiger partial charge on any atom is 0.212 e. The average Bonchev–Trinajstić information content (AvgIpc) is 2.83. The summed E-state index contributed by atoms with van der Waals surface area (Å²) in [5.74, 6) is -0.927. The molecule has 3 aromatic heterocycles. The fourth-order valence-electron chi connectivity index (χ4n) is 3.29. The molecule has 23 heavy (non-hydrogen) atoms. The first-order valence-electron chi connectivity index (χ1n) is 7.21. The van der Waals surface area contributed by atoms with Crippen molar-refractivity contribution in [3.05, 3.63) is 60.2 Å². The highest BCUT2D eigenvalue weighted by Crippen LogP contribution is 2.36. The zero-order valence-corrected chi connectivity index (χ0v) is 12.6. The van der Waals surface area contributed by atoms with Gasteiger partial charge >= 0.3 is 0 Å². The van der Waals surface area contributed by atoms with E-state index in [2.05, 4.69) is 9.97 Å². The molecule has 0 spiro atoms. The van der Waals surface area contributed by atoms with Crippen molar-refractivity contribution < 1.29 is 8.78 Å². The van der Waals surface area contributed by atoms with Gasteiger partial charge in [0.05, 0.1) is 11.0 Å². The highest BCUT2D eigenvalue weighted by molar-refractivity contribution is 6.10. The average molecular weight is 309 g/mol. The van der Waals surface area contributed by atoms with E-state index in [1.165, 1.54) is 18.3 Å². The van der Waals surface area contributed by atoms with Gasteiger partial charge in [0, 0.05) is 47.5 Å². The summed E-state index contributed by atoms with van der Waals surface area (Å²) in [6, 6.07) is 6.21. The molecule has 4 rings (SSSR count). The van der Waals surface area contributed by atoms with Crippen molar-refractivity contribution in [3.8, 4) is 11.1 Å². The first-order chi connectivity index (χ1) is 11.1. The van der Waals surface area contributed by atoms with Gasteiger partial charge in [-0.15, -0.1) is 0 Å². The summed E-state index contributed by atoms with van der Waals surface area (Å²) >= 11 is 0. The second-order valence-corrected chi connectivity index (χ2v) is 5.58. The lowest BCUT2D eigenvalue weighted by atomic mass is 9.98. The third kappa shape index (κ3) is 1.93. The van der Waals surface area contributed by atoms with Gasteiger partial charge in [0.1, 0.15) is 5.82 Å². The molecule has 0 bridgehead atoms. The molecule has 114 valence electrons. The van der Waals surface area contributed by atoms with Crippen LogP contribution in [0.2, 0.25) is 0 Å². The van der Waals surface area contributed by atoms with E-state index in [-0.39, 0.29) is 5.82 Å². The van der Waals surface area contributed by atoms with E-state index in [0.717, 1.165) is 27.4 Å². The molecule has 0 aliphatic carbocycles. The maximum atomic E-state index is 14.8. The minimum Gasteiger partial charge on any atom is -0.343 e. The number of benzene rings is 1. The molecule has 0 aliphatic rings. The minimum absolute atomic E-state index is 0.347. The van der Waals surface area contributed by atoms with E-state index < -0.39 is 5.95 Å². The van der Waals surface area contributed by atoms with Crippen LogP contribution in [0.3, 0.4) is 0 Å². The third-order valence-electron chi connectivity index (χ3n) is 4.30. The fourth-order valence-corrected chi connectivity index (χ4v) is 3.29. The lowest BCUT2D eigenvalue weighted by Gasteiger charge is -2.10. The molecule has 5 heteroatoms. The van der Waals surface area contributed by atoms with E-state index >= 15 is 0 Å². The standard InChI is InChI=1S/C18H13F2N3/c1-10-17(11-3-4-16(20)22-8-11)14(19)7-12-13-9-21-6-5-15(13)23(2)18(10)12/h3-9H,1-2H3. The smallest absolute Gasteiger partial charge is 0.212 e. The molecular formula is C18H13F2N3. The van der Waals surface area contributed by atoms with Crippen LogP contribution in [0.4, 0.5) is 8.78 Å².